The maximum Gasteiger partial charge on any atom is 0.407 e. The molecule has 2 atom stereocenters. The molecule has 0 aromatic carbocycles. The third-order valence-corrected chi connectivity index (χ3v) is 3.02. The molecular formula is C12H24N2O2. The van der Waals surface area contributed by atoms with Gasteiger partial charge in [-0.1, -0.05) is 20.8 Å². The smallest absolute Gasteiger partial charge is 0.407 e. The van der Waals surface area contributed by atoms with Crippen LogP contribution in [0.3, 0.4) is 0 Å². The first-order valence-corrected chi connectivity index (χ1v) is 6.21. The summed E-state index contributed by atoms with van der Waals surface area (Å²) in [7, 11) is 0. The number of carbonyl (C=O) groups is 1. The first-order chi connectivity index (χ1) is 7.59. The van der Waals surface area contributed by atoms with Gasteiger partial charge in [0, 0.05) is 6.54 Å². The molecule has 0 aromatic rings. The van der Waals surface area contributed by atoms with E-state index in [1.165, 1.54) is 0 Å². The minimum atomic E-state index is -0.278. The number of rotatable bonds is 4. The maximum atomic E-state index is 11.3. The van der Waals surface area contributed by atoms with Crippen LogP contribution in [-0.2, 0) is 4.74 Å². The third-order valence-electron chi connectivity index (χ3n) is 3.02. The predicted octanol–water partition coefficient (Wildman–Crippen LogP) is 1.61. The molecule has 0 spiro atoms. The van der Waals surface area contributed by atoms with Gasteiger partial charge >= 0.3 is 6.09 Å². The SMILES string of the molecule is CC(C)COC(=O)NCC1CCNCC1C. The van der Waals surface area contributed by atoms with Gasteiger partial charge < -0.3 is 15.4 Å². The van der Waals surface area contributed by atoms with E-state index in [1.54, 1.807) is 0 Å². The summed E-state index contributed by atoms with van der Waals surface area (Å²) in [6, 6.07) is 0. The van der Waals surface area contributed by atoms with Crippen molar-refractivity contribution in [2.45, 2.75) is 27.2 Å². The van der Waals surface area contributed by atoms with Gasteiger partial charge in [-0.25, -0.2) is 4.79 Å². The van der Waals surface area contributed by atoms with Crippen molar-refractivity contribution in [3.63, 3.8) is 0 Å². The quantitative estimate of drug-likeness (QED) is 0.768. The second kappa shape index (κ2) is 6.74. The number of nitrogens with one attached hydrogen (secondary N) is 2. The van der Waals surface area contributed by atoms with E-state index in [9.17, 15) is 4.79 Å². The molecule has 16 heavy (non-hydrogen) atoms. The van der Waals surface area contributed by atoms with Crippen molar-refractivity contribution < 1.29 is 9.53 Å². The molecule has 1 heterocycles. The number of ether oxygens (including phenoxy) is 1. The van der Waals surface area contributed by atoms with Gasteiger partial charge in [-0.15, -0.1) is 0 Å². The molecule has 2 N–H and O–H groups in total. The highest BCUT2D eigenvalue weighted by molar-refractivity contribution is 5.67. The molecule has 0 radical (unpaired) electrons. The summed E-state index contributed by atoms with van der Waals surface area (Å²) < 4.78 is 5.06. The van der Waals surface area contributed by atoms with Crippen LogP contribution in [0.5, 0.6) is 0 Å². The molecular weight excluding hydrogens is 204 g/mol. The van der Waals surface area contributed by atoms with Gasteiger partial charge in [0.1, 0.15) is 0 Å². The average Bonchev–Trinajstić information content (AvgIpc) is 2.25. The highest BCUT2D eigenvalue weighted by Crippen LogP contribution is 2.17. The maximum absolute atomic E-state index is 11.3. The Kier molecular flexibility index (Phi) is 5.60. The van der Waals surface area contributed by atoms with Crippen LogP contribution in [0.25, 0.3) is 0 Å². The van der Waals surface area contributed by atoms with Crippen molar-refractivity contribution >= 4 is 6.09 Å². The molecule has 0 saturated carbocycles. The zero-order valence-electron chi connectivity index (χ0n) is 10.6. The summed E-state index contributed by atoms with van der Waals surface area (Å²) in [5, 5.41) is 6.20. The summed E-state index contributed by atoms with van der Waals surface area (Å²) in [6.45, 7) is 9.61. The monoisotopic (exact) mass is 228 g/mol. The second-order valence-corrected chi connectivity index (χ2v) is 5.10. The Morgan fingerprint density at radius 2 is 2.31 bits per heavy atom. The van der Waals surface area contributed by atoms with Gasteiger partial charge in [0.05, 0.1) is 6.61 Å². The van der Waals surface area contributed by atoms with E-state index in [4.69, 9.17) is 4.74 Å². The Hall–Kier alpha value is -0.770. The minimum Gasteiger partial charge on any atom is -0.449 e. The predicted molar refractivity (Wildman–Crippen MR) is 64.3 cm³/mol. The standard InChI is InChI=1S/C12H24N2O2/c1-9(2)8-16-12(15)14-7-11-4-5-13-6-10(11)3/h9-11,13H,4-8H2,1-3H3,(H,14,15). The van der Waals surface area contributed by atoms with Gasteiger partial charge in [-0.2, -0.15) is 0 Å². The van der Waals surface area contributed by atoms with Crippen LogP contribution in [0.4, 0.5) is 4.79 Å². The Morgan fingerprint density at radius 3 is 2.94 bits per heavy atom. The third kappa shape index (κ3) is 4.84. The van der Waals surface area contributed by atoms with Crippen LogP contribution in [0.2, 0.25) is 0 Å². The van der Waals surface area contributed by atoms with E-state index in [0.29, 0.717) is 24.4 Å². The topological polar surface area (TPSA) is 50.4 Å². The lowest BCUT2D eigenvalue weighted by Crippen LogP contribution is -2.41. The molecule has 94 valence electrons. The van der Waals surface area contributed by atoms with E-state index in [-0.39, 0.29) is 6.09 Å². The second-order valence-electron chi connectivity index (χ2n) is 5.10. The van der Waals surface area contributed by atoms with Crippen molar-refractivity contribution in [1.29, 1.82) is 0 Å². The normalized spacial score (nSPS) is 25.5. The van der Waals surface area contributed by atoms with Crippen LogP contribution in [0, 0.1) is 17.8 Å². The molecule has 1 fully saturated rings. The summed E-state index contributed by atoms with van der Waals surface area (Å²) in [5.74, 6) is 1.59. The van der Waals surface area contributed by atoms with Crippen molar-refractivity contribution in [2.75, 3.05) is 26.2 Å². The van der Waals surface area contributed by atoms with Crippen LogP contribution < -0.4 is 10.6 Å². The molecule has 1 rings (SSSR count). The largest absolute Gasteiger partial charge is 0.449 e. The lowest BCUT2D eigenvalue weighted by Gasteiger charge is -2.29. The molecule has 2 unspecified atom stereocenters. The Morgan fingerprint density at radius 1 is 1.56 bits per heavy atom. The Bertz CT molecular complexity index is 219. The highest BCUT2D eigenvalue weighted by Gasteiger charge is 2.21. The molecule has 1 aliphatic heterocycles. The van der Waals surface area contributed by atoms with Crippen molar-refractivity contribution in [2.24, 2.45) is 17.8 Å². The molecule has 4 heteroatoms. The van der Waals surface area contributed by atoms with Crippen molar-refractivity contribution in [3.05, 3.63) is 0 Å². The average molecular weight is 228 g/mol. The number of amides is 1. The van der Waals surface area contributed by atoms with E-state index >= 15 is 0 Å². The number of hydrogen-bond donors (Lipinski definition) is 2. The van der Waals surface area contributed by atoms with E-state index < -0.39 is 0 Å². The van der Waals surface area contributed by atoms with Crippen LogP contribution in [-0.4, -0.2) is 32.3 Å². The highest BCUT2D eigenvalue weighted by atomic mass is 16.5. The molecule has 4 nitrogen and oxygen atoms in total. The van der Waals surface area contributed by atoms with Crippen LogP contribution in [0.1, 0.15) is 27.2 Å². The van der Waals surface area contributed by atoms with Gasteiger partial charge in [0.15, 0.2) is 0 Å². The first kappa shape index (κ1) is 13.3. The van der Waals surface area contributed by atoms with Gasteiger partial charge in [-0.05, 0) is 37.3 Å². The summed E-state index contributed by atoms with van der Waals surface area (Å²) in [5.41, 5.74) is 0. The van der Waals surface area contributed by atoms with Crippen LogP contribution >= 0.6 is 0 Å². The lowest BCUT2D eigenvalue weighted by molar-refractivity contribution is 0.129. The molecule has 0 aromatic heterocycles. The van der Waals surface area contributed by atoms with Gasteiger partial charge in [0.25, 0.3) is 0 Å². The molecule has 0 aliphatic carbocycles. The van der Waals surface area contributed by atoms with Crippen molar-refractivity contribution in [3.8, 4) is 0 Å². The fourth-order valence-corrected chi connectivity index (χ4v) is 1.88. The summed E-state index contributed by atoms with van der Waals surface area (Å²) in [6.07, 6.45) is 0.852. The zero-order valence-corrected chi connectivity index (χ0v) is 10.6. The fraction of sp³-hybridized carbons (Fsp3) is 0.917. The number of piperidine rings is 1. The van der Waals surface area contributed by atoms with E-state index in [0.717, 1.165) is 26.1 Å². The molecule has 1 aliphatic rings. The summed E-state index contributed by atoms with van der Waals surface area (Å²) in [4.78, 5) is 11.3. The fourth-order valence-electron chi connectivity index (χ4n) is 1.88. The zero-order chi connectivity index (χ0) is 12.0. The lowest BCUT2D eigenvalue weighted by atomic mass is 9.88. The van der Waals surface area contributed by atoms with Crippen molar-refractivity contribution in [1.82, 2.24) is 10.6 Å². The number of carbonyl (C=O) groups excluding carboxylic acids is 1. The Labute approximate surface area is 98.1 Å². The summed E-state index contributed by atoms with van der Waals surface area (Å²) >= 11 is 0. The van der Waals surface area contributed by atoms with E-state index in [2.05, 4.69) is 17.6 Å². The molecule has 0 bridgehead atoms. The minimum absolute atomic E-state index is 0.278. The molecule has 1 amide bonds. The molecule has 1 saturated heterocycles. The first-order valence-electron chi connectivity index (χ1n) is 6.21. The van der Waals surface area contributed by atoms with E-state index in [1.807, 2.05) is 13.8 Å². The van der Waals surface area contributed by atoms with Gasteiger partial charge in [-0.3, -0.25) is 0 Å². The Balaban J connectivity index is 2.15. The number of alkyl carbamates (subject to hydrolysis) is 1. The van der Waals surface area contributed by atoms with Gasteiger partial charge in [0.2, 0.25) is 0 Å². The van der Waals surface area contributed by atoms with Crippen LogP contribution in [0.15, 0.2) is 0 Å². The number of hydrogen-bond acceptors (Lipinski definition) is 3.